The fourth-order valence-corrected chi connectivity index (χ4v) is 6.15. The number of carbonyl (C=O) groups is 5. The quantitative estimate of drug-likeness (QED) is 0.207. The molecule has 10 N–H and O–H groups in total. The SMILES string of the molecule is CO[C@H]1[C@H](N)C[N+](C(=O)O)(c2c(C(N)=O)n(C(N)=O)c3ccccc23)[C@]1(C(=O)O)c1c(OC(F)(F)F)cccc1C(N)=O. The van der Waals surface area contributed by atoms with E-state index in [-0.39, 0.29) is 10.9 Å². The largest absolute Gasteiger partial charge is 0.573 e. The number of primary amides is 3. The van der Waals surface area contributed by atoms with Crippen molar-refractivity contribution in [2.75, 3.05) is 13.7 Å². The number of hydrogen-bond donors (Lipinski definition) is 6. The average molecular weight is 609 g/mol. The zero-order valence-electron chi connectivity index (χ0n) is 22.0. The van der Waals surface area contributed by atoms with Crippen LogP contribution in [-0.4, -0.2) is 76.9 Å². The number of alkyl halides is 3. The molecule has 4 rings (SSSR count). The van der Waals surface area contributed by atoms with E-state index in [1.807, 2.05) is 0 Å². The summed E-state index contributed by atoms with van der Waals surface area (Å²) in [5, 5.41) is 21.8. The van der Waals surface area contributed by atoms with Crippen LogP contribution in [0.15, 0.2) is 42.5 Å². The molecular formula is C25H24F3N6O9+. The minimum atomic E-state index is -5.49. The molecule has 18 heteroatoms. The molecule has 0 radical (unpaired) electrons. The first-order valence-corrected chi connectivity index (χ1v) is 12.0. The monoisotopic (exact) mass is 609 g/mol. The van der Waals surface area contributed by atoms with Gasteiger partial charge in [0, 0.05) is 7.11 Å². The van der Waals surface area contributed by atoms with Crippen LogP contribution >= 0.6 is 0 Å². The van der Waals surface area contributed by atoms with Gasteiger partial charge in [-0.05, 0) is 24.3 Å². The van der Waals surface area contributed by atoms with Crippen molar-refractivity contribution in [2.45, 2.75) is 24.0 Å². The van der Waals surface area contributed by atoms with Gasteiger partial charge < -0.3 is 42.6 Å². The molecule has 1 fully saturated rings. The number of likely N-dealkylation sites (tertiary alicyclic amines) is 1. The Morgan fingerprint density at radius 1 is 1.00 bits per heavy atom. The Morgan fingerprint density at radius 3 is 2.12 bits per heavy atom. The number of methoxy groups -OCH3 is 1. The molecular weight excluding hydrogens is 585 g/mol. The van der Waals surface area contributed by atoms with Crippen molar-refractivity contribution in [2.24, 2.45) is 22.9 Å². The zero-order valence-corrected chi connectivity index (χ0v) is 22.0. The second-order valence-electron chi connectivity index (χ2n) is 9.51. The fourth-order valence-electron chi connectivity index (χ4n) is 6.15. The number of para-hydroxylation sites is 1. The van der Waals surface area contributed by atoms with Gasteiger partial charge in [-0.1, -0.05) is 18.2 Å². The number of aromatic nitrogens is 1. The molecule has 4 amide bonds. The standard InChI is InChI=1S/C25H23F3N6O9/c1-42-18-12(29)9-34(23(40)41,17-10-5-2-3-7-13(10)33(22(32)39)16(17)20(31)36)24(18,21(37)38)15-11(19(30)35)6-4-8-14(15)43-25(26,27)28/h2-8,12,18H,9,29H2,1H3,(H7-,30,31,32,35,36,37,38,39,40,41)/p+1/t12-,18+,24-,34?/m1/s1. The number of fused-ring (bicyclic) bond motifs is 1. The highest BCUT2D eigenvalue weighted by molar-refractivity contribution is 6.16. The van der Waals surface area contributed by atoms with Gasteiger partial charge in [0.2, 0.25) is 5.91 Å². The van der Waals surface area contributed by atoms with Gasteiger partial charge in [-0.2, -0.15) is 9.28 Å². The molecule has 1 saturated heterocycles. The van der Waals surface area contributed by atoms with E-state index >= 15 is 0 Å². The van der Waals surface area contributed by atoms with Crippen LogP contribution in [0, 0.1) is 0 Å². The van der Waals surface area contributed by atoms with Crippen LogP contribution in [-0.2, 0) is 15.1 Å². The van der Waals surface area contributed by atoms with Gasteiger partial charge in [0.05, 0.1) is 28.1 Å². The summed E-state index contributed by atoms with van der Waals surface area (Å²) in [6.45, 7) is -0.994. The van der Waals surface area contributed by atoms with Crippen molar-refractivity contribution in [1.82, 2.24) is 9.05 Å². The van der Waals surface area contributed by atoms with E-state index in [2.05, 4.69) is 4.74 Å². The second-order valence-corrected chi connectivity index (χ2v) is 9.51. The predicted molar refractivity (Wildman–Crippen MR) is 140 cm³/mol. The first kappa shape index (κ1) is 30.8. The molecule has 2 heterocycles. The van der Waals surface area contributed by atoms with Gasteiger partial charge in [0.1, 0.15) is 18.4 Å². The number of ether oxygens (including phenoxy) is 2. The third-order valence-corrected chi connectivity index (χ3v) is 7.38. The van der Waals surface area contributed by atoms with Crippen LogP contribution in [0.25, 0.3) is 10.9 Å². The van der Waals surface area contributed by atoms with Crippen LogP contribution in [0.2, 0.25) is 0 Å². The molecule has 0 bridgehead atoms. The number of carboxylic acid groups (broad SMARTS) is 2. The third kappa shape index (κ3) is 4.22. The van der Waals surface area contributed by atoms with Gasteiger partial charge in [-0.3, -0.25) is 14.2 Å². The Balaban J connectivity index is 2.41. The maximum atomic E-state index is 13.7. The molecule has 4 atom stereocenters. The van der Waals surface area contributed by atoms with Crippen molar-refractivity contribution in [3.63, 3.8) is 0 Å². The molecule has 1 unspecified atom stereocenters. The second kappa shape index (κ2) is 10.3. The summed E-state index contributed by atoms with van der Waals surface area (Å²) >= 11 is 0. The van der Waals surface area contributed by atoms with Crippen LogP contribution in [0.4, 0.5) is 28.4 Å². The molecule has 15 nitrogen and oxygen atoms in total. The van der Waals surface area contributed by atoms with Crippen molar-refractivity contribution < 1.29 is 56.8 Å². The summed E-state index contributed by atoms with van der Waals surface area (Å²) in [4.78, 5) is 65.5. The number of nitrogens with zero attached hydrogens (tertiary/aromatic N) is 2. The number of quaternary nitrogens is 1. The van der Waals surface area contributed by atoms with Gasteiger partial charge in [-0.15, -0.1) is 13.2 Å². The molecule has 0 spiro atoms. The summed E-state index contributed by atoms with van der Waals surface area (Å²) in [6, 6.07) is 4.54. The van der Waals surface area contributed by atoms with E-state index in [9.17, 15) is 47.4 Å². The summed E-state index contributed by atoms with van der Waals surface area (Å²) in [5.41, 5.74) is 15.5. The zero-order chi connectivity index (χ0) is 32.2. The Morgan fingerprint density at radius 2 is 1.63 bits per heavy atom. The molecule has 2 aromatic carbocycles. The van der Waals surface area contributed by atoms with Gasteiger partial charge >= 0.3 is 24.5 Å². The van der Waals surface area contributed by atoms with E-state index in [0.717, 1.165) is 19.2 Å². The van der Waals surface area contributed by atoms with Crippen molar-refractivity contribution >= 4 is 46.5 Å². The van der Waals surface area contributed by atoms with Crippen molar-refractivity contribution in [1.29, 1.82) is 0 Å². The van der Waals surface area contributed by atoms with E-state index in [0.29, 0.717) is 10.6 Å². The number of rotatable bonds is 7. The molecule has 1 aliphatic rings. The van der Waals surface area contributed by atoms with Crippen molar-refractivity contribution in [3.05, 3.63) is 59.3 Å². The lowest BCUT2D eigenvalue weighted by atomic mass is 9.78. The number of aliphatic carboxylic acids is 1. The lowest BCUT2D eigenvalue weighted by Gasteiger charge is -2.43. The minimum absolute atomic E-state index is 0.207. The Kier molecular flexibility index (Phi) is 7.34. The predicted octanol–water partition coefficient (Wildman–Crippen LogP) is 0.986. The lowest BCUT2D eigenvalue weighted by molar-refractivity contribution is -0.275. The highest BCUT2D eigenvalue weighted by Gasteiger charge is 2.78. The normalized spacial score (nSPS) is 23.7. The highest BCUT2D eigenvalue weighted by Crippen LogP contribution is 2.56. The van der Waals surface area contributed by atoms with E-state index < -0.39 is 93.2 Å². The smallest absolute Gasteiger partial charge is 0.476 e. The number of benzene rings is 2. The number of nitrogens with two attached hydrogens (primary N) is 4. The maximum Gasteiger partial charge on any atom is 0.573 e. The average Bonchev–Trinajstić information content (AvgIpc) is 3.38. The van der Waals surface area contributed by atoms with Gasteiger partial charge in [0.25, 0.3) is 11.4 Å². The third-order valence-electron chi connectivity index (χ3n) is 7.38. The number of amides is 4. The van der Waals surface area contributed by atoms with Crippen LogP contribution in [0.3, 0.4) is 0 Å². The number of hydrogen-bond acceptors (Lipinski definition) is 8. The number of carbonyl (C=O) groups excluding carboxylic acids is 3. The Labute approximate surface area is 238 Å². The minimum Gasteiger partial charge on any atom is -0.476 e. The molecule has 3 aromatic rings. The molecule has 43 heavy (non-hydrogen) atoms. The Hall–Kier alpha value is -5.20. The Bertz CT molecular complexity index is 1710. The number of carboxylic acids is 1. The lowest BCUT2D eigenvalue weighted by Crippen LogP contribution is -2.70. The molecule has 0 aliphatic carbocycles. The number of halogens is 3. The topological polar surface area (TPSA) is 253 Å². The van der Waals surface area contributed by atoms with Crippen LogP contribution in [0.1, 0.15) is 26.4 Å². The maximum absolute atomic E-state index is 13.7. The summed E-state index contributed by atoms with van der Waals surface area (Å²) < 4.78 is 49.0. The van der Waals surface area contributed by atoms with Crippen LogP contribution in [0.5, 0.6) is 5.75 Å². The summed E-state index contributed by atoms with van der Waals surface area (Å²) in [7, 11) is 0.906. The molecule has 0 saturated carbocycles. The van der Waals surface area contributed by atoms with Gasteiger partial charge in [0.15, 0.2) is 11.4 Å². The van der Waals surface area contributed by atoms with Gasteiger partial charge in [-0.25, -0.2) is 9.59 Å². The molecule has 1 aliphatic heterocycles. The van der Waals surface area contributed by atoms with Crippen molar-refractivity contribution in [3.8, 4) is 5.75 Å². The fraction of sp³-hybridized carbons (Fsp3) is 0.240. The molecule has 228 valence electrons. The first-order valence-electron chi connectivity index (χ1n) is 12.0. The summed E-state index contributed by atoms with van der Waals surface area (Å²) in [6.07, 6.45) is -9.65. The molecule has 1 aromatic heterocycles. The first-order chi connectivity index (χ1) is 20.0. The summed E-state index contributed by atoms with van der Waals surface area (Å²) in [5.74, 6) is -6.45. The van der Waals surface area contributed by atoms with E-state index in [1.165, 1.54) is 24.3 Å². The van der Waals surface area contributed by atoms with E-state index in [1.54, 1.807) is 0 Å². The van der Waals surface area contributed by atoms with E-state index in [4.69, 9.17) is 27.7 Å². The van der Waals surface area contributed by atoms with Crippen LogP contribution < -0.4 is 32.2 Å². The highest BCUT2D eigenvalue weighted by atomic mass is 19.4.